The number of carbonyl (C=O) groups is 2. The third-order valence-electron chi connectivity index (χ3n) is 2.13. The van der Waals surface area contributed by atoms with E-state index in [1.165, 1.54) is 11.3 Å². The average Bonchev–Trinajstić information content (AvgIpc) is 2.43. The van der Waals surface area contributed by atoms with Crippen LogP contribution in [0.25, 0.3) is 0 Å². The lowest BCUT2D eigenvalue weighted by atomic mass is 10.0. The lowest BCUT2D eigenvalue weighted by molar-refractivity contribution is -0.138. The van der Waals surface area contributed by atoms with Gasteiger partial charge in [-0.05, 0) is 48.3 Å². The Morgan fingerprint density at radius 2 is 2.12 bits per heavy atom. The van der Waals surface area contributed by atoms with Gasteiger partial charge in [-0.25, -0.2) is 0 Å². The lowest BCUT2D eigenvalue weighted by Gasteiger charge is -2.23. The van der Waals surface area contributed by atoms with Crippen molar-refractivity contribution < 1.29 is 14.7 Å². The molecule has 0 radical (unpaired) electrons. The summed E-state index contributed by atoms with van der Waals surface area (Å²) in [4.78, 5) is 23.1. The molecule has 0 saturated carbocycles. The highest BCUT2D eigenvalue weighted by molar-refractivity contribution is 9.11. The van der Waals surface area contributed by atoms with E-state index in [2.05, 4.69) is 21.2 Å². The van der Waals surface area contributed by atoms with E-state index in [1.54, 1.807) is 19.9 Å². The number of hydrogen-bond acceptors (Lipinski definition) is 3. The maximum absolute atomic E-state index is 11.9. The Bertz CT molecular complexity index is 434. The quantitative estimate of drug-likeness (QED) is 0.896. The van der Waals surface area contributed by atoms with E-state index in [0.29, 0.717) is 4.88 Å². The van der Waals surface area contributed by atoms with Crippen molar-refractivity contribution in [3.05, 3.63) is 20.3 Å². The molecule has 94 valence electrons. The van der Waals surface area contributed by atoms with Crippen molar-refractivity contribution in [2.45, 2.75) is 32.7 Å². The van der Waals surface area contributed by atoms with Crippen LogP contribution in [0.2, 0.25) is 0 Å². The van der Waals surface area contributed by atoms with Crippen molar-refractivity contribution in [2.24, 2.45) is 0 Å². The molecule has 0 saturated heterocycles. The van der Waals surface area contributed by atoms with Gasteiger partial charge < -0.3 is 10.4 Å². The highest BCUT2D eigenvalue weighted by atomic mass is 79.9. The number of halogens is 1. The van der Waals surface area contributed by atoms with E-state index in [-0.39, 0.29) is 12.3 Å². The highest BCUT2D eigenvalue weighted by Gasteiger charge is 2.25. The van der Waals surface area contributed by atoms with Crippen LogP contribution in [0.1, 0.15) is 35.5 Å². The highest BCUT2D eigenvalue weighted by Crippen LogP contribution is 2.27. The Kier molecular flexibility index (Phi) is 4.32. The van der Waals surface area contributed by atoms with E-state index in [1.807, 2.05) is 6.92 Å². The first-order valence-corrected chi connectivity index (χ1v) is 6.62. The predicted molar refractivity (Wildman–Crippen MR) is 70.6 cm³/mol. The summed E-state index contributed by atoms with van der Waals surface area (Å²) in [5.74, 6) is -1.17. The summed E-state index contributed by atoms with van der Waals surface area (Å²) in [6.07, 6.45) is -0.107. The second kappa shape index (κ2) is 5.18. The Balaban J connectivity index is 2.75. The molecule has 0 aromatic carbocycles. The van der Waals surface area contributed by atoms with E-state index in [4.69, 9.17) is 5.11 Å². The second-order valence-electron chi connectivity index (χ2n) is 4.48. The molecule has 0 aliphatic carbocycles. The molecular formula is C11H14BrNO3S. The number of thiophene rings is 1. The molecule has 4 nitrogen and oxygen atoms in total. The normalized spacial score (nSPS) is 11.3. The number of aliphatic carboxylic acids is 1. The summed E-state index contributed by atoms with van der Waals surface area (Å²) >= 11 is 4.69. The molecule has 1 amide bonds. The number of carboxylic acids is 1. The summed E-state index contributed by atoms with van der Waals surface area (Å²) < 4.78 is 0.915. The van der Waals surface area contributed by atoms with Crippen molar-refractivity contribution in [3.8, 4) is 0 Å². The van der Waals surface area contributed by atoms with Crippen LogP contribution in [0.4, 0.5) is 0 Å². The van der Waals surface area contributed by atoms with Gasteiger partial charge in [-0.3, -0.25) is 9.59 Å². The molecule has 0 fully saturated rings. The summed E-state index contributed by atoms with van der Waals surface area (Å²) in [6, 6.07) is 1.78. The van der Waals surface area contributed by atoms with Gasteiger partial charge in [-0.1, -0.05) is 0 Å². The molecule has 0 aliphatic heterocycles. The Labute approximate surface area is 112 Å². The zero-order valence-electron chi connectivity index (χ0n) is 9.83. The molecule has 1 aromatic heterocycles. The van der Waals surface area contributed by atoms with Crippen LogP contribution in [0.5, 0.6) is 0 Å². The molecule has 0 atom stereocenters. The number of carboxylic acid groups (broad SMARTS) is 1. The van der Waals surface area contributed by atoms with Gasteiger partial charge in [0.2, 0.25) is 0 Å². The molecule has 1 rings (SSSR count). The first-order valence-electron chi connectivity index (χ1n) is 5.01. The molecule has 0 unspecified atom stereocenters. The second-order valence-corrected chi connectivity index (χ2v) is 6.85. The third kappa shape index (κ3) is 4.12. The van der Waals surface area contributed by atoms with Crippen LogP contribution >= 0.6 is 27.3 Å². The fraction of sp³-hybridized carbons (Fsp3) is 0.455. The van der Waals surface area contributed by atoms with Crippen LogP contribution in [0.15, 0.2) is 9.85 Å². The van der Waals surface area contributed by atoms with E-state index in [9.17, 15) is 9.59 Å². The molecule has 0 aliphatic rings. The number of nitrogens with one attached hydrogen (secondary N) is 1. The van der Waals surface area contributed by atoms with E-state index in [0.717, 1.165) is 9.35 Å². The minimum absolute atomic E-state index is 0.107. The van der Waals surface area contributed by atoms with Crippen LogP contribution in [-0.4, -0.2) is 22.5 Å². The van der Waals surface area contributed by atoms with Crippen molar-refractivity contribution in [1.29, 1.82) is 0 Å². The van der Waals surface area contributed by atoms with Crippen molar-refractivity contribution in [3.63, 3.8) is 0 Å². The summed E-state index contributed by atoms with van der Waals surface area (Å²) in [5, 5.41) is 11.4. The summed E-state index contributed by atoms with van der Waals surface area (Å²) in [7, 11) is 0. The van der Waals surface area contributed by atoms with Crippen molar-refractivity contribution in [1.82, 2.24) is 5.32 Å². The zero-order valence-corrected chi connectivity index (χ0v) is 12.2. The van der Waals surface area contributed by atoms with Crippen LogP contribution in [-0.2, 0) is 4.79 Å². The average molecular weight is 320 g/mol. The topological polar surface area (TPSA) is 66.4 Å². The molecule has 2 N–H and O–H groups in total. The smallest absolute Gasteiger partial charge is 0.305 e. The van der Waals surface area contributed by atoms with Gasteiger partial charge in [-0.2, -0.15) is 0 Å². The molecule has 0 spiro atoms. The number of aryl methyl sites for hydroxylation is 1. The summed E-state index contributed by atoms with van der Waals surface area (Å²) in [5.41, 5.74) is 0.240. The van der Waals surface area contributed by atoms with E-state index >= 15 is 0 Å². The molecule has 0 bridgehead atoms. The molecular weight excluding hydrogens is 306 g/mol. The summed E-state index contributed by atoms with van der Waals surface area (Å²) in [6.45, 7) is 5.28. The minimum Gasteiger partial charge on any atom is -0.481 e. The third-order valence-corrected chi connectivity index (χ3v) is 4.26. The molecule has 6 heteroatoms. The van der Waals surface area contributed by atoms with Gasteiger partial charge in [0, 0.05) is 5.54 Å². The van der Waals surface area contributed by atoms with Crippen molar-refractivity contribution in [2.75, 3.05) is 0 Å². The number of carbonyl (C=O) groups excluding carboxylic acids is 1. The molecule has 17 heavy (non-hydrogen) atoms. The van der Waals surface area contributed by atoms with Crippen LogP contribution in [0, 0.1) is 6.92 Å². The lowest BCUT2D eigenvalue weighted by Crippen LogP contribution is -2.44. The zero-order chi connectivity index (χ0) is 13.2. The van der Waals surface area contributed by atoms with Gasteiger partial charge >= 0.3 is 5.97 Å². The Hall–Kier alpha value is -0.880. The van der Waals surface area contributed by atoms with Gasteiger partial charge in [0.1, 0.15) is 0 Å². The first kappa shape index (κ1) is 14.2. The Morgan fingerprint density at radius 3 is 2.53 bits per heavy atom. The number of amides is 1. The Morgan fingerprint density at radius 1 is 1.53 bits per heavy atom. The van der Waals surface area contributed by atoms with Crippen LogP contribution < -0.4 is 5.32 Å². The van der Waals surface area contributed by atoms with Crippen LogP contribution in [0.3, 0.4) is 0 Å². The molecule has 1 aromatic rings. The number of rotatable bonds is 4. The maximum atomic E-state index is 11.9. The van der Waals surface area contributed by atoms with E-state index < -0.39 is 11.5 Å². The standard InChI is InChI=1S/C11H14BrNO3S/c1-6-4-7(17-9(6)12)10(16)13-11(2,3)5-8(14)15/h4H,5H2,1-3H3,(H,13,16)(H,14,15). The minimum atomic E-state index is -0.932. The monoisotopic (exact) mass is 319 g/mol. The van der Waals surface area contributed by atoms with Gasteiger partial charge in [0.05, 0.1) is 15.1 Å². The van der Waals surface area contributed by atoms with Gasteiger partial charge in [-0.15, -0.1) is 11.3 Å². The van der Waals surface area contributed by atoms with Crippen molar-refractivity contribution >= 4 is 39.1 Å². The van der Waals surface area contributed by atoms with Gasteiger partial charge in [0.15, 0.2) is 0 Å². The fourth-order valence-corrected chi connectivity index (χ4v) is 2.79. The predicted octanol–water partition coefficient (Wildman–Crippen LogP) is 2.80. The molecule has 1 heterocycles. The maximum Gasteiger partial charge on any atom is 0.305 e. The number of hydrogen-bond donors (Lipinski definition) is 2. The largest absolute Gasteiger partial charge is 0.481 e. The first-order chi connectivity index (χ1) is 7.71. The SMILES string of the molecule is Cc1cc(C(=O)NC(C)(C)CC(=O)O)sc1Br. The fourth-order valence-electron chi connectivity index (χ4n) is 1.36. The van der Waals surface area contributed by atoms with Gasteiger partial charge in [0.25, 0.3) is 5.91 Å².